The fourth-order valence-electron chi connectivity index (χ4n) is 2.13. The van der Waals surface area contributed by atoms with Crippen molar-refractivity contribution < 1.29 is 0 Å². The van der Waals surface area contributed by atoms with Gasteiger partial charge in [-0.05, 0) is 42.8 Å². The lowest BCUT2D eigenvalue weighted by Gasteiger charge is -2.11. The van der Waals surface area contributed by atoms with Crippen molar-refractivity contribution >= 4 is 11.6 Å². The Morgan fingerprint density at radius 1 is 0.800 bits per heavy atom. The van der Waals surface area contributed by atoms with Crippen LogP contribution in [0, 0.1) is 6.92 Å². The first-order chi connectivity index (χ1) is 9.77. The minimum absolute atomic E-state index is 0.586. The van der Waals surface area contributed by atoms with Crippen molar-refractivity contribution in [2.45, 2.75) is 6.92 Å². The van der Waals surface area contributed by atoms with E-state index in [1.807, 2.05) is 43.3 Å². The quantitative estimate of drug-likeness (QED) is 0.708. The highest BCUT2D eigenvalue weighted by Crippen LogP contribution is 2.33. The van der Waals surface area contributed by atoms with E-state index < -0.39 is 0 Å². The summed E-state index contributed by atoms with van der Waals surface area (Å²) in [4.78, 5) is 13.2. The molecule has 0 saturated carbocycles. The molecule has 0 fully saturated rings. The van der Waals surface area contributed by atoms with Crippen molar-refractivity contribution in [3.63, 3.8) is 0 Å². The summed E-state index contributed by atoms with van der Waals surface area (Å²) in [6.07, 6.45) is 5.25. The highest BCUT2D eigenvalue weighted by molar-refractivity contribution is 6.33. The number of nitrogens with zero attached hydrogens (tertiary/aromatic N) is 3. The van der Waals surface area contributed by atoms with Crippen LogP contribution in [-0.4, -0.2) is 15.0 Å². The third kappa shape index (κ3) is 2.28. The van der Waals surface area contributed by atoms with Crippen molar-refractivity contribution in [1.82, 2.24) is 15.0 Å². The zero-order chi connectivity index (χ0) is 13.9. The van der Waals surface area contributed by atoms with E-state index in [9.17, 15) is 0 Å². The van der Waals surface area contributed by atoms with E-state index in [4.69, 9.17) is 11.6 Å². The second kappa shape index (κ2) is 5.39. The Bertz CT molecular complexity index is 742. The zero-order valence-electron chi connectivity index (χ0n) is 10.9. The van der Waals surface area contributed by atoms with Crippen molar-refractivity contribution in [3.8, 4) is 22.6 Å². The Kier molecular flexibility index (Phi) is 3.44. The van der Waals surface area contributed by atoms with Crippen LogP contribution in [0.15, 0.2) is 55.0 Å². The van der Waals surface area contributed by atoms with Crippen molar-refractivity contribution in [1.29, 1.82) is 0 Å². The van der Waals surface area contributed by atoms with Gasteiger partial charge in [-0.15, -0.1) is 0 Å². The number of hydrogen-bond donors (Lipinski definition) is 0. The molecule has 4 heteroatoms. The van der Waals surface area contributed by atoms with E-state index in [2.05, 4.69) is 15.0 Å². The smallest absolute Gasteiger partial charge is 0.108 e. The van der Waals surface area contributed by atoms with Crippen molar-refractivity contribution in [3.05, 3.63) is 65.6 Å². The Morgan fingerprint density at radius 2 is 1.60 bits per heavy atom. The van der Waals surface area contributed by atoms with Crippen LogP contribution in [0.25, 0.3) is 22.6 Å². The van der Waals surface area contributed by atoms with Gasteiger partial charge in [0.15, 0.2) is 0 Å². The average Bonchev–Trinajstić information content (AvgIpc) is 2.48. The fraction of sp³-hybridized carbons (Fsp3) is 0.0625. The number of rotatable bonds is 2. The van der Waals surface area contributed by atoms with Crippen LogP contribution in [0.1, 0.15) is 5.56 Å². The second-order valence-electron chi connectivity index (χ2n) is 4.40. The largest absolute Gasteiger partial charge is 0.256 e. The van der Waals surface area contributed by atoms with Crippen LogP contribution in [0.2, 0.25) is 5.02 Å². The molecule has 3 aromatic heterocycles. The Balaban J connectivity index is 2.28. The van der Waals surface area contributed by atoms with Gasteiger partial charge < -0.3 is 0 Å². The lowest BCUT2D eigenvalue weighted by atomic mass is 10.0. The maximum Gasteiger partial charge on any atom is 0.108 e. The van der Waals surface area contributed by atoms with Gasteiger partial charge in [0, 0.05) is 24.2 Å². The molecule has 0 saturated heterocycles. The molecule has 3 aromatic rings. The standard InChI is InChI=1S/C16H12ClN3/c1-11-7-10-20-16(15-12(17)5-4-9-19-15)14(11)13-6-2-3-8-18-13/h2-10H,1H3. The average molecular weight is 282 g/mol. The summed E-state index contributed by atoms with van der Waals surface area (Å²) in [5, 5.41) is 0.586. The lowest BCUT2D eigenvalue weighted by Crippen LogP contribution is -1.96. The molecule has 3 nitrogen and oxygen atoms in total. The number of pyridine rings is 3. The maximum absolute atomic E-state index is 6.25. The predicted molar refractivity (Wildman–Crippen MR) is 80.4 cm³/mol. The first-order valence-corrected chi connectivity index (χ1v) is 6.63. The maximum atomic E-state index is 6.25. The molecule has 98 valence electrons. The summed E-state index contributed by atoms with van der Waals surface area (Å²) in [5.41, 5.74) is 4.37. The first-order valence-electron chi connectivity index (χ1n) is 6.25. The van der Waals surface area contributed by atoms with Gasteiger partial charge in [-0.25, -0.2) is 0 Å². The Labute approximate surface area is 122 Å². The number of halogens is 1. The number of hydrogen-bond acceptors (Lipinski definition) is 3. The van der Waals surface area contributed by atoms with E-state index in [1.165, 1.54) is 0 Å². The molecule has 0 amide bonds. The Morgan fingerprint density at radius 3 is 2.35 bits per heavy atom. The number of aryl methyl sites for hydroxylation is 1. The van der Waals surface area contributed by atoms with E-state index in [0.29, 0.717) is 10.7 Å². The SMILES string of the molecule is Cc1ccnc(-c2ncccc2Cl)c1-c1ccccn1. The van der Waals surface area contributed by atoms with Crippen LogP contribution in [0.3, 0.4) is 0 Å². The van der Waals surface area contributed by atoms with Crippen molar-refractivity contribution in [2.24, 2.45) is 0 Å². The monoisotopic (exact) mass is 281 g/mol. The molecule has 0 aliphatic carbocycles. The molecule has 0 aliphatic heterocycles. The zero-order valence-corrected chi connectivity index (χ0v) is 11.7. The molecule has 0 N–H and O–H groups in total. The second-order valence-corrected chi connectivity index (χ2v) is 4.81. The highest BCUT2D eigenvalue weighted by Gasteiger charge is 2.15. The summed E-state index contributed by atoms with van der Waals surface area (Å²) in [6, 6.07) is 11.4. The lowest BCUT2D eigenvalue weighted by molar-refractivity contribution is 1.21. The molecule has 0 unspecified atom stereocenters. The van der Waals surface area contributed by atoms with E-state index >= 15 is 0 Å². The van der Waals surface area contributed by atoms with Gasteiger partial charge in [-0.2, -0.15) is 0 Å². The molecule has 0 aromatic carbocycles. The predicted octanol–water partition coefficient (Wildman–Crippen LogP) is 4.17. The van der Waals surface area contributed by atoms with E-state index in [1.54, 1.807) is 18.6 Å². The summed E-state index contributed by atoms with van der Waals surface area (Å²) in [6.45, 7) is 2.03. The van der Waals surface area contributed by atoms with Crippen LogP contribution < -0.4 is 0 Å². The van der Waals surface area contributed by atoms with Crippen LogP contribution >= 0.6 is 11.6 Å². The topological polar surface area (TPSA) is 38.7 Å². The van der Waals surface area contributed by atoms with Crippen LogP contribution in [0.4, 0.5) is 0 Å². The molecule has 0 radical (unpaired) electrons. The Hall–Kier alpha value is -2.26. The van der Waals surface area contributed by atoms with Crippen LogP contribution in [0.5, 0.6) is 0 Å². The third-order valence-corrected chi connectivity index (χ3v) is 3.37. The van der Waals surface area contributed by atoms with Gasteiger partial charge in [0.1, 0.15) is 5.69 Å². The molecule has 0 bridgehead atoms. The van der Waals surface area contributed by atoms with Crippen LogP contribution in [-0.2, 0) is 0 Å². The highest BCUT2D eigenvalue weighted by atomic mass is 35.5. The van der Waals surface area contributed by atoms with E-state index in [0.717, 1.165) is 22.5 Å². The van der Waals surface area contributed by atoms with Gasteiger partial charge in [-0.3, -0.25) is 15.0 Å². The first kappa shape index (κ1) is 12.8. The third-order valence-electron chi connectivity index (χ3n) is 3.06. The van der Waals surface area contributed by atoms with E-state index in [-0.39, 0.29) is 0 Å². The molecule has 0 spiro atoms. The molecule has 3 rings (SSSR count). The molecule has 20 heavy (non-hydrogen) atoms. The fourth-order valence-corrected chi connectivity index (χ4v) is 2.34. The molecule has 0 aliphatic rings. The molecule has 0 atom stereocenters. The minimum atomic E-state index is 0.586. The molecule has 3 heterocycles. The van der Waals surface area contributed by atoms with Gasteiger partial charge in [0.2, 0.25) is 0 Å². The molecular weight excluding hydrogens is 270 g/mol. The van der Waals surface area contributed by atoms with Crippen molar-refractivity contribution in [2.75, 3.05) is 0 Å². The minimum Gasteiger partial charge on any atom is -0.256 e. The molecular formula is C16H12ClN3. The van der Waals surface area contributed by atoms with Gasteiger partial charge in [0.25, 0.3) is 0 Å². The van der Waals surface area contributed by atoms with Gasteiger partial charge in [-0.1, -0.05) is 17.7 Å². The van der Waals surface area contributed by atoms with Gasteiger partial charge >= 0.3 is 0 Å². The summed E-state index contributed by atoms with van der Waals surface area (Å²) in [5.74, 6) is 0. The summed E-state index contributed by atoms with van der Waals surface area (Å²) in [7, 11) is 0. The summed E-state index contributed by atoms with van der Waals surface area (Å²) < 4.78 is 0. The number of aromatic nitrogens is 3. The summed E-state index contributed by atoms with van der Waals surface area (Å²) >= 11 is 6.25. The normalized spacial score (nSPS) is 10.5. The van der Waals surface area contributed by atoms with Gasteiger partial charge in [0.05, 0.1) is 16.4 Å².